The maximum atomic E-state index is 14.5. The number of halogens is 21. The second kappa shape index (κ2) is 43.3. The summed E-state index contributed by atoms with van der Waals surface area (Å²) in [5, 5.41) is 18.5. The molecule has 0 radical (unpaired) electrons. The van der Waals surface area contributed by atoms with Gasteiger partial charge in [-0.25, -0.2) is 39.5 Å². The van der Waals surface area contributed by atoms with Gasteiger partial charge in [-0.2, -0.15) is 52.7 Å². The third-order valence-corrected chi connectivity index (χ3v) is 22.1. The number of aromatic nitrogens is 20. The van der Waals surface area contributed by atoms with E-state index in [0.29, 0.717) is 51.3 Å². The molecule has 16 heterocycles. The summed E-state index contributed by atoms with van der Waals surface area (Å²) in [6.07, 6.45) is -8.70. The van der Waals surface area contributed by atoms with Crippen molar-refractivity contribution in [2.45, 2.75) is 102 Å². The molecule has 0 atom stereocenters. The third kappa shape index (κ3) is 24.0. The predicted molar refractivity (Wildman–Crippen MR) is 467 cm³/mol. The summed E-state index contributed by atoms with van der Waals surface area (Å²) < 4.78 is 285. The molecule has 16 aromatic heterocycles. The number of rotatable bonds is 16. The zero-order chi connectivity index (χ0) is 101. The van der Waals surface area contributed by atoms with Crippen molar-refractivity contribution < 1.29 is 176 Å². The maximum absolute atomic E-state index is 14.5. The number of pyridine rings is 12. The minimum atomic E-state index is -4.64. The monoisotopic (exact) mass is 2720 g/mol. The molecule has 0 fully saturated rings. The van der Waals surface area contributed by atoms with Crippen molar-refractivity contribution in [3.8, 4) is 68.3 Å². The molecule has 3 aromatic carbocycles. The van der Waals surface area contributed by atoms with Crippen LogP contribution in [0.2, 0.25) is 0 Å². The van der Waals surface area contributed by atoms with Gasteiger partial charge in [-0.3, -0.25) is 70.2 Å². The summed E-state index contributed by atoms with van der Waals surface area (Å²) in [6.45, 7) is 14.3. The van der Waals surface area contributed by atoms with E-state index >= 15 is 0 Å². The van der Waals surface area contributed by atoms with Crippen LogP contribution in [0.1, 0.15) is 124 Å². The third-order valence-electron chi connectivity index (χ3n) is 22.1. The summed E-state index contributed by atoms with van der Waals surface area (Å²) in [5.74, 6) is -8.65. The second-order valence-corrected chi connectivity index (χ2v) is 33.1. The molecular formula is C100H61F21N20Pt4. The summed E-state index contributed by atoms with van der Waals surface area (Å²) in [4.78, 5) is 49.0. The van der Waals surface area contributed by atoms with Gasteiger partial charge in [0.2, 0.25) is 0 Å². The molecule has 0 aliphatic carbocycles. The average molecular weight is 2720 g/mol. The van der Waals surface area contributed by atoms with Crippen LogP contribution in [0.3, 0.4) is 0 Å². The van der Waals surface area contributed by atoms with E-state index in [9.17, 15) is 92.2 Å². The SMILES string of the molecule is CC(C)(c1cc(F)cc(-c2[c-]cc(F)nc2F)n1)c1cccc(-n2[c-]cc(C(F)(F)F)n2)n1.CC(C)(c1cccc(-c2[c-]cc(F)nc2F)n1)c1cc2ccccc2c(-n2[c-]cc(C(F)(F)F)n2)n1.CC(C)(c1cccc(-c2[c-]cc(F)nc2F)n1)c1nc(-n2[c-]cc(C(F)(F)F)n2)cc2ccccc12.CC(C)(c1cccc(-n2[c-]cc(C(F)(F)F)n2)n1)c1nc(-c2[c-]cc(F)nc2F)cc2ccccc12.[Pt+2].[Pt+2].[Pt+2].[Pt+2]. The molecular weight excluding hydrogens is 2660 g/mol. The van der Waals surface area contributed by atoms with Crippen LogP contribution in [-0.4, -0.2) is 98.9 Å². The van der Waals surface area contributed by atoms with E-state index in [1.54, 1.807) is 111 Å². The number of fused-ring (bicyclic) bond motifs is 3. The molecule has 0 aliphatic heterocycles. The molecule has 0 bridgehead atoms. The summed E-state index contributed by atoms with van der Waals surface area (Å²) in [5.41, 5.74) is -4.82. The molecule has 0 amide bonds. The normalized spacial score (nSPS) is 12.0. The van der Waals surface area contributed by atoms with Crippen LogP contribution in [0.15, 0.2) is 224 Å². The molecule has 0 saturated heterocycles. The van der Waals surface area contributed by atoms with E-state index in [1.807, 2.05) is 96.1 Å². The fourth-order valence-corrected chi connectivity index (χ4v) is 14.7. The van der Waals surface area contributed by atoms with Gasteiger partial charge >= 0.3 is 109 Å². The predicted octanol–water partition coefficient (Wildman–Crippen LogP) is 23.4. The molecule has 0 aliphatic rings. The number of nitrogens with zero attached hydrogens (tertiary/aromatic N) is 20. The minimum absolute atomic E-state index is 0. The van der Waals surface area contributed by atoms with Gasteiger partial charge < -0.3 is 28.7 Å². The summed E-state index contributed by atoms with van der Waals surface area (Å²) in [7, 11) is 0. The van der Waals surface area contributed by atoms with Crippen LogP contribution in [0.4, 0.5) is 92.2 Å². The van der Waals surface area contributed by atoms with Crippen LogP contribution in [0, 0.1) is 102 Å². The standard InChI is InChI=1S/3C26H16F5N5.C22H13F6N5.4Pt/c1-25(2,19-8-5-9-22(33-19)36-13-12-20(35-36)26(29,30)31)23-16-7-4-3-6-15(16)14-18(32-23)17-10-11-21(27)34-24(17)28;1-25(2,19-9-5-8-18(32-19)17-10-11-22(27)34-23(17)28)21-14-15-6-3-4-7-16(15)24(33-21)36-13-12-20(35-36)26(29,30)31;1-25(2,19-9-5-8-18(32-19)17-10-11-21(27)33-24(17)28)23-16-7-4-3-6-15(16)14-22(34-23)36-13-12-20(35-36)26(29,30)31;1-21(2,15-4-3-5-19(30-15)33-9-8-16(32-33)22(26,27)28)17-11-12(23)10-14(29-17)13-6-7-18(24)31-20(13)25;;;;/h3*3-9,11-12,14H,1-2H3;3-5,7-8,10-11H,1-2H3;;;;/q4*-2;4*+2. The van der Waals surface area contributed by atoms with Gasteiger partial charge in [-0.1, -0.05) is 205 Å². The van der Waals surface area contributed by atoms with Crippen molar-refractivity contribution in [3.63, 3.8) is 0 Å². The Bertz CT molecular complexity index is 7950. The maximum Gasteiger partial charge on any atom is 2.00 e. The second-order valence-electron chi connectivity index (χ2n) is 33.1. The van der Waals surface area contributed by atoms with Gasteiger partial charge in [-0.15, -0.1) is 48.5 Å². The minimum Gasteiger partial charge on any atom is -0.343 e. The molecule has 20 nitrogen and oxygen atoms in total. The molecule has 0 N–H and O–H groups in total. The number of alkyl halides is 12. The van der Waals surface area contributed by atoms with Gasteiger partial charge in [0.1, 0.15) is 53.4 Å². The van der Waals surface area contributed by atoms with Crippen molar-refractivity contribution in [2.75, 3.05) is 0 Å². The van der Waals surface area contributed by atoms with E-state index < -0.39 is 123 Å². The number of hydrogen-bond donors (Lipinski definition) is 0. The first-order valence-electron chi connectivity index (χ1n) is 41.5. The Kier molecular flexibility index (Phi) is 32.9. The first kappa shape index (κ1) is 110. The van der Waals surface area contributed by atoms with Crippen LogP contribution < -0.4 is 0 Å². The zero-order valence-corrected chi connectivity index (χ0v) is 84.1. The van der Waals surface area contributed by atoms with Gasteiger partial charge in [0.25, 0.3) is 0 Å². The zero-order valence-electron chi connectivity index (χ0n) is 75.0. The van der Waals surface area contributed by atoms with E-state index in [-0.39, 0.29) is 158 Å². The Balaban J connectivity index is 0.000000171. The van der Waals surface area contributed by atoms with Crippen LogP contribution >= 0.6 is 0 Å². The first-order chi connectivity index (χ1) is 66.6. The van der Waals surface area contributed by atoms with Crippen LogP contribution in [-0.2, 0) is 131 Å². The van der Waals surface area contributed by atoms with Crippen molar-refractivity contribution in [3.05, 3.63) is 395 Å². The summed E-state index contributed by atoms with van der Waals surface area (Å²) in [6, 6.07) is 64.6. The topological polar surface area (TPSA) is 226 Å². The Morgan fingerprint density at radius 1 is 0.234 bits per heavy atom. The Labute approximate surface area is 866 Å². The molecule has 0 saturated carbocycles. The Hall–Kier alpha value is -13.6. The molecule has 19 rings (SSSR count). The quantitative estimate of drug-likeness (QED) is 0.0498. The first-order valence-corrected chi connectivity index (χ1v) is 41.5. The molecule has 0 spiro atoms. The van der Waals surface area contributed by atoms with Crippen LogP contribution in [0.25, 0.3) is 101 Å². The number of hydrogen-bond acceptors (Lipinski definition) is 16. The van der Waals surface area contributed by atoms with E-state index in [0.717, 1.165) is 100 Å². The van der Waals surface area contributed by atoms with E-state index in [2.05, 4.69) is 124 Å². The Morgan fingerprint density at radius 2 is 0.538 bits per heavy atom. The van der Waals surface area contributed by atoms with Gasteiger partial charge in [0.05, 0.1) is 46.0 Å². The summed E-state index contributed by atoms with van der Waals surface area (Å²) >= 11 is 0. The average Bonchev–Trinajstić information content (AvgIpc) is 1.75. The largest absolute Gasteiger partial charge is 2.00 e. The molecule has 19 aromatic rings. The molecule has 0 unspecified atom stereocenters. The van der Waals surface area contributed by atoms with Crippen molar-refractivity contribution in [1.29, 1.82) is 0 Å². The van der Waals surface area contributed by atoms with Crippen molar-refractivity contribution >= 4 is 32.3 Å². The van der Waals surface area contributed by atoms with Crippen molar-refractivity contribution in [1.82, 2.24) is 98.9 Å². The van der Waals surface area contributed by atoms with E-state index in [1.165, 1.54) is 12.1 Å². The smallest absolute Gasteiger partial charge is 0.343 e. The molecule has 145 heavy (non-hydrogen) atoms. The Morgan fingerprint density at radius 3 is 0.931 bits per heavy atom. The van der Waals surface area contributed by atoms with Gasteiger partial charge in [-0.05, 0) is 142 Å². The van der Waals surface area contributed by atoms with Crippen molar-refractivity contribution in [2.24, 2.45) is 0 Å². The number of benzene rings is 3. The van der Waals surface area contributed by atoms with Crippen LogP contribution in [0.5, 0.6) is 0 Å². The fourth-order valence-electron chi connectivity index (χ4n) is 14.7. The molecule has 45 heteroatoms. The van der Waals surface area contributed by atoms with Gasteiger partial charge in [0, 0.05) is 78.0 Å². The fraction of sp³-hybridized carbons (Fsp3) is 0.160. The van der Waals surface area contributed by atoms with E-state index in [4.69, 9.17) is 4.98 Å². The van der Waals surface area contributed by atoms with Gasteiger partial charge in [0.15, 0.2) is 0 Å². The molecule has 748 valence electrons.